The highest BCUT2D eigenvalue weighted by molar-refractivity contribution is 5.67. The van der Waals surface area contributed by atoms with Crippen molar-refractivity contribution in [2.75, 3.05) is 37.7 Å². The lowest BCUT2D eigenvalue weighted by Gasteiger charge is -2.37. The maximum Gasteiger partial charge on any atom is 0.410 e. The van der Waals surface area contributed by atoms with Gasteiger partial charge in [0.2, 0.25) is 0 Å². The molecule has 2 N–H and O–H groups in total. The molecule has 9 heteroatoms. The highest BCUT2D eigenvalue weighted by atomic mass is 19.1. The largest absolute Gasteiger partial charge is 0.492 e. The fourth-order valence-electron chi connectivity index (χ4n) is 4.79. The molecule has 2 aromatic rings. The van der Waals surface area contributed by atoms with Crippen molar-refractivity contribution in [2.45, 2.75) is 51.2 Å². The number of carbonyl (C=O) groups excluding carboxylic acids is 1. The maximum absolute atomic E-state index is 14.2. The van der Waals surface area contributed by atoms with Crippen molar-refractivity contribution < 1.29 is 23.0 Å². The molecule has 7 nitrogen and oxygen atoms in total. The van der Waals surface area contributed by atoms with Crippen molar-refractivity contribution in [2.24, 2.45) is 11.7 Å². The SMILES string of the molecule is CC(C)OC(=O)N1CCC(COc2ccc(N3CCC(c4cc(F)ccc4F)C(N)C3)nc2)CC1. The van der Waals surface area contributed by atoms with Gasteiger partial charge < -0.3 is 25.0 Å². The van der Waals surface area contributed by atoms with Crippen molar-refractivity contribution in [3.63, 3.8) is 0 Å². The summed E-state index contributed by atoms with van der Waals surface area (Å²) in [7, 11) is 0. The van der Waals surface area contributed by atoms with Crippen molar-refractivity contribution in [3.05, 3.63) is 53.7 Å². The van der Waals surface area contributed by atoms with Crippen LogP contribution in [-0.4, -0.2) is 60.9 Å². The van der Waals surface area contributed by atoms with Gasteiger partial charge in [0, 0.05) is 38.1 Å². The average molecular weight is 489 g/mol. The lowest BCUT2D eigenvalue weighted by atomic mass is 9.85. The Morgan fingerprint density at radius 1 is 1.14 bits per heavy atom. The summed E-state index contributed by atoms with van der Waals surface area (Å²) >= 11 is 0. The van der Waals surface area contributed by atoms with Gasteiger partial charge in [-0.05, 0) is 74.9 Å². The second-order valence-electron chi connectivity index (χ2n) is 9.70. The van der Waals surface area contributed by atoms with Crippen molar-refractivity contribution in [1.29, 1.82) is 0 Å². The van der Waals surface area contributed by atoms with E-state index in [1.807, 2.05) is 26.0 Å². The number of amides is 1. The molecule has 1 amide bonds. The number of benzene rings is 1. The number of aromatic nitrogens is 1. The lowest BCUT2D eigenvalue weighted by molar-refractivity contribution is 0.0608. The van der Waals surface area contributed by atoms with Crippen molar-refractivity contribution in [3.8, 4) is 5.75 Å². The molecule has 1 aromatic carbocycles. The third-order valence-electron chi connectivity index (χ3n) is 6.76. The fourth-order valence-corrected chi connectivity index (χ4v) is 4.79. The zero-order valence-corrected chi connectivity index (χ0v) is 20.3. The minimum absolute atomic E-state index is 0.113. The highest BCUT2D eigenvalue weighted by Gasteiger charge is 2.30. The van der Waals surface area contributed by atoms with Crippen LogP contribution >= 0.6 is 0 Å². The van der Waals surface area contributed by atoms with Crippen LogP contribution in [0.2, 0.25) is 0 Å². The summed E-state index contributed by atoms with van der Waals surface area (Å²) in [6.45, 7) is 6.78. The van der Waals surface area contributed by atoms with Crippen LogP contribution in [0.5, 0.6) is 5.75 Å². The summed E-state index contributed by atoms with van der Waals surface area (Å²) in [5, 5.41) is 0. The molecule has 2 saturated heterocycles. The number of nitrogens with two attached hydrogens (primary N) is 1. The quantitative estimate of drug-likeness (QED) is 0.653. The van der Waals surface area contributed by atoms with E-state index in [-0.39, 0.29) is 24.2 Å². The molecule has 2 fully saturated rings. The minimum Gasteiger partial charge on any atom is -0.492 e. The van der Waals surface area contributed by atoms with Gasteiger partial charge in [0.25, 0.3) is 0 Å². The van der Waals surface area contributed by atoms with E-state index in [2.05, 4.69) is 9.88 Å². The summed E-state index contributed by atoms with van der Waals surface area (Å²) in [4.78, 5) is 20.4. The Balaban J connectivity index is 1.25. The Morgan fingerprint density at radius 3 is 2.57 bits per heavy atom. The Labute approximate surface area is 205 Å². The summed E-state index contributed by atoms with van der Waals surface area (Å²) in [5.41, 5.74) is 6.70. The number of hydrogen-bond acceptors (Lipinski definition) is 6. The first-order valence-electron chi connectivity index (χ1n) is 12.3. The van der Waals surface area contributed by atoms with Crippen LogP contribution in [0.4, 0.5) is 19.4 Å². The first-order valence-corrected chi connectivity index (χ1v) is 12.3. The van der Waals surface area contributed by atoms with E-state index < -0.39 is 11.6 Å². The van der Waals surface area contributed by atoms with E-state index in [0.29, 0.717) is 56.4 Å². The summed E-state index contributed by atoms with van der Waals surface area (Å²) in [6, 6.07) is 6.99. The van der Waals surface area contributed by atoms with Gasteiger partial charge in [-0.25, -0.2) is 18.6 Å². The Kier molecular flexibility index (Phi) is 8.05. The van der Waals surface area contributed by atoms with Crippen LogP contribution in [0.25, 0.3) is 0 Å². The number of likely N-dealkylation sites (tertiary alicyclic amines) is 1. The topological polar surface area (TPSA) is 80.9 Å². The number of piperidine rings is 2. The maximum atomic E-state index is 14.2. The molecule has 0 bridgehead atoms. The van der Waals surface area contributed by atoms with E-state index >= 15 is 0 Å². The fraction of sp³-hybridized carbons (Fsp3) is 0.538. The van der Waals surface area contributed by atoms with Crippen LogP contribution in [0.15, 0.2) is 36.5 Å². The van der Waals surface area contributed by atoms with E-state index in [1.54, 1.807) is 11.1 Å². The van der Waals surface area contributed by atoms with E-state index in [4.69, 9.17) is 15.2 Å². The number of anilines is 1. The minimum atomic E-state index is -0.451. The molecule has 2 atom stereocenters. The monoisotopic (exact) mass is 488 g/mol. The molecule has 3 heterocycles. The first-order chi connectivity index (χ1) is 16.8. The van der Waals surface area contributed by atoms with E-state index in [1.165, 1.54) is 6.07 Å². The van der Waals surface area contributed by atoms with Crippen molar-refractivity contribution in [1.82, 2.24) is 9.88 Å². The molecule has 0 saturated carbocycles. The second-order valence-corrected chi connectivity index (χ2v) is 9.70. The highest BCUT2D eigenvalue weighted by Crippen LogP contribution is 2.31. The molecule has 190 valence electrons. The predicted molar refractivity (Wildman–Crippen MR) is 130 cm³/mol. The van der Waals surface area contributed by atoms with Gasteiger partial charge >= 0.3 is 6.09 Å². The van der Waals surface area contributed by atoms with Gasteiger partial charge in [-0.1, -0.05) is 0 Å². The van der Waals surface area contributed by atoms with Crippen LogP contribution in [0, 0.1) is 17.6 Å². The average Bonchev–Trinajstić information content (AvgIpc) is 2.84. The van der Waals surface area contributed by atoms with Crippen LogP contribution in [0.3, 0.4) is 0 Å². The number of hydrogen-bond donors (Lipinski definition) is 1. The molecule has 2 unspecified atom stereocenters. The first kappa shape index (κ1) is 25.2. The normalized spacial score (nSPS) is 21.3. The number of rotatable bonds is 6. The zero-order chi connectivity index (χ0) is 24.9. The molecule has 0 radical (unpaired) electrons. The van der Waals surface area contributed by atoms with Crippen LogP contribution in [-0.2, 0) is 4.74 Å². The smallest absolute Gasteiger partial charge is 0.410 e. The summed E-state index contributed by atoms with van der Waals surface area (Å²) in [5.74, 6) is 0.745. The Bertz CT molecular complexity index is 997. The lowest BCUT2D eigenvalue weighted by Crippen LogP contribution is -2.48. The summed E-state index contributed by atoms with van der Waals surface area (Å²) in [6.07, 6.45) is 3.70. The number of carbonyl (C=O) groups is 1. The predicted octanol–water partition coefficient (Wildman–Crippen LogP) is 4.32. The molecule has 1 aromatic heterocycles. The van der Waals surface area contributed by atoms with Gasteiger partial charge in [0.05, 0.1) is 18.9 Å². The second kappa shape index (κ2) is 11.2. The molecular formula is C26H34F2N4O3. The Hall–Kier alpha value is -2.94. The molecule has 0 spiro atoms. The number of halogens is 2. The number of ether oxygens (including phenoxy) is 2. The van der Waals surface area contributed by atoms with Gasteiger partial charge in [-0.3, -0.25) is 0 Å². The number of nitrogens with zero attached hydrogens (tertiary/aromatic N) is 3. The van der Waals surface area contributed by atoms with Gasteiger partial charge in [0.15, 0.2) is 0 Å². The van der Waals surface area contributed by atoms with Gasteiger partial charge in [-0.15, -0.1) is 0 Å². The standard InChI is InChI=1S/C26H34F2N4O3/c1-17(2)35-26(33)31-10-7-18(8-11-31)16-34-20-4-6-25(30-14-20)32-12-9-21(24(29)15-32)22-13-19(27)3-5-23(22)28/h3-6,13-14,17-18,21,24H,7-12,15-16,29H2,1-2H3. The summed E-state index contributed by atoms with van der Waals surface area (Å²) < 4.78 is 39.0. The van der Waals surface area contributed by atoms with E-state index in [9.17, 15) is 13.6 Å². The molecular weight excluding hydrogens is 454 g/mol. The zero-order valence-electron chi connectivity index (χ0n) is 20.3. The Morgan fingerprint density at radius 2 is 1.91 bits per heavy atom. The van der Waals surface area contributed by atoms with Crippen molar-refractivity contribution >= 4 is 11.9 Å². The van der Waals surface area contributed by atoms with Crippen LogP contribution < -0.4 is 15.4 Å². The van der Waals surface area contributed by atoms with Crippen LogP contribution in [0.1, 0.15) is 44.6 Å². The van der Waals surface area contributed by atoms with E-state index in [0.717, 1.165) is 30.8 Å². The van der Waals surface area contributed by atoms with Gasteiger partial charge in [-0.2, -0.15) is 0 Å². The van der Waals surface area contributed by atoms with Gasteiger partial charge in [0.1, 0.15) is 23.2 Å². The third-order valence-corrected chi connectivity index (χ3v) is 6.76. The number of pyridine rings is 1. The third kappa shape index (κ3) is 6.39. The molecule has 2 aliphatic rings. The molecule has 4 rings (SSSR count). The molecule has 2 aliphatic heterocycles. The molecule has 0 aliphatic carbocycles. The molecule has 35 heavy (non-hydrogen) atoms.